The molecular formula is C19H21F3N2O7S. The molecule has 0 spiro atoms. The Hall–Kier alpha value is -2.32. The molecule has 2 aromatic rings. The number of thioether (sulfide) groups is 1. The number of nitrogens with zero attached hydrogens (tertiary/aromatic N) is 1. The third kappa shape index (κ3) is 5.18. The molecule has 13 heteroatoms. The number of hydrogen-bond acceptors (Lipinski definition) is 8. The monoisotopic (exact) mass is 478 g/mol. The molecule has 0 radical (unpaired) electrons. The number of halogens is 3. The molecule has 176 valence electrons. The summed E-state index contributed by atoms with van der Waals surface area (Å²) in [5.41, 5.74) is -1.05. The molecule has 1 aliphatic rings. The first-order valence-corrected chi connectivity index (χ1v) is 10.5. The van der Waals surface area contributed by atoms with Crippen LogP contribution >= 0.6 is 11.8 Å². The fraction of sp³-hybridized carbons (Fsp3) is 0.474. The number of rotatable bonds is 7. The molecule has 5 atom stereocenters. The van der Waals surface area contributed by atoms with E-state index in [2.05, 4.69) is 5.10 Å². The molecule has 32 heavy (non-hydrogen) atoms. The highest BCUT2D eigenvalue weighted by Crippen LogP contribution is 2.37. The summed E-state index contributed by atoms with van der Waals surface area (Å²) in [6.07, 6.45) is -14.8. The van der Waals surface area contributed by atoms with Gasteiger partial charge in [-0.25, -0.2) is 4.79 Å². The highest BCUT2D eigenvalue weighted by molar-refractivity contribution is 7.99. The normalized spacial score (nSPS) is 26.2. The van der Waals surface area contributed by atoms with Gasteiger partial charge in [0.25, 0.3) is 0 Å². The molecule has 2 heterocycles. The van der Waals surface area contributed by atoms with Crippen LogP contribution in [-0.2, 0) is 22.1 Å². The third-order valence-electron chi connectivity index (χ3n) is 4.77. The van der Waals surface area contributed by atoms with E-state index in [9.17, 15) is 33.3 Å². The quantitative estimate of drug-likeness (QED) is 0.373. The van der Waals surface area contributed by atoms with E-state index in [4.69, 9.17) is 14.6 Å². The van der Waals surface area contributed by atoms with E-state index in [1.165, 1.54) is 0 Å². The van der Waals surface area contributed by atoms with Gasteiger partial charge >= 0.3 is 12.1 Å². The number of aromatic nitrogens is 2. The largest absolute Gasteiger partial charge is 0.479 e. The number of hydrogen-bond donors (Lipinski definition) is 5. The number of ether oxygens (including phenoxy) is 2. The van der Waals surface area contributed by atoms with Gasteiger partial charge in [0.2, 0.25) is 12.2 Å². The molecule has 5 N–H and O–H groups in total. The summed E-state index contributed by atoms with van der Waals surface area (Å²) in [4.78, 5) is 12.2. The molecule has 1 saturated heterocycles. The highest BCUT2D eigenvalue weighted by Gasteiger charge is 2.49. The third-order valence-corrected chi connectivity index (χ3v) is 5.66. The lowest BCUT2D eigenvalue weighted by molar-refractivity contribution is -0.271. The van der Waals surface area contributed by atoms with Crippen LogP contribution in [-0.4, -0.2) is 73.1 Å². The van der Waals surface area contributed by atoms with Crippen molar-refractivity contribution in [3.63, 3.8) is 0 Å². The minimum atomic E-state index is -4.80. The Bertz CT molecular complexity index is 938. The molecule has 3 rings (SSSR count). The first-order chi connectivity index (χ1) is 15.0. The van der Waals surface area contributed by atoms with Crippen LogP contribution in [0, 0.1) is 0 Å². The summed E-state index contributed by atoms with van der Waals surface area (Å²) in [5.74, 6) is -1.40. The SMILES string of the molecule is CCSc1ccc(Cc2c(OC3O[C@H](C(=O)O)[C@@H](O)[C@H](O)[C@H]3O)n[nH]c2C(F)(F)F)cc1. The zero-order chi connectivity index (χ0) is 23.6. The lowest BCUT2D eigenvalue weighted by Crippen LogP contribution is -2.61. The predicted molar refractivity (Wildman–Crippen MR) is 104 cm³/mol. The van der Waals surface area contributed by atoms with Gasteiger partial charge in [0, 0.05) is 11.3 Å². The summed E-state index contributed by atoms with van der Waals surface area (Å²) in [7, 11) is 0. The molecule has 0 amide bonds. The van der Waals surface area contributed by atoms with Crippen molar-refractivity contribution in [2.45, 2.75) is 55.1 Å². The van der Waals surface area contributed by atoms with Gasteiger partial charge in [0.15, 0.2) is 6.10 Å². The fourth-order valence-corrected chi connectivity index (χ4v) is 3.84. The molecule has 0 aliphatic carbocycles. The Morgan fingerprint density at radius 1 is 1.19 bits per heavy atom. The van der Waals surface area contributed by atoms with Crippen LogP contribution in [0.5, 0.6) is 5.88 Å². The van der Waals surface area contributed by atoms with Crippen molar-refractivity contribution >= 4 is 17.7 Å². The first-order valence-electron chi connectivity index (χ1n) is 9.48. The summed E-state index contributed by atoms with van der Waals surface area (Å²) >= 11 is 1.57. The zero-order valence-corrected chi connectivity index (χ0v) is 17.4. The Morgan fingerprint density at radius 2 is 1.84 bits per heavy atom. The summed E-state index contributed by atoms with van der Waals surface area (Å²) in [6, 6.07) is 6.84. The number of aromatic amines is 1. The van der Waals surface area contributed by atoms with Crippen molar-refractivity contribution in [2.24, 2.45) is 0 Å². The number of aliphatic hydroxyl groups is 3. The maximum absolute atomic E-state index is 13.5. The van der Waals surface area contributed by atoms with Crippen LogP contribution in [0.2, 0.25) is 0 Å². The Morgan fingerprint density at radius 3 is 2.41 bits per heavy atom. The van der Waals surface area contributed by atoms with Crippen LogP contribution < -0.4 is 4.74 Å². The maximum atomic E-state index is 13.5. The molecular weight excluding hydrogens is 457 g/mol. The number of carboxylic acid groups (broad SMARTS) is 1. The molecule has 1 fully saturated rings. The van der Waals surface area contributed by atoms with E-state index in [-0.39, 0.29) is 6.42 Å². The molecule has 1 aliphatic heterocycles. The Kier molecular flexibility index (Phi) is 7.35. The van der Waals surface area contributed by atoms with E-state index in [0.29, 0.717) is 5.56 Å². The topological polar surface area (TPSA) is 145 Å². The van der Waals surface area contributed by atoms with Gasteiger partial charge in [0.1, 0.15) is 24.0 Å². The van der Waals surface area contributed by atoms with E-state index < -0.39 is 60.0 Å². The molecule has 9 nitrogen and oxygen atoms in total. The second-order valence-corrected chi connectivity index (χ2v) is 8.32. The number of alkyl halides is 3. The number of carboxylic acids is 1. The number of carbonyl (C=O) groups is 1. The summed E-state index contributed by atoms with van der Waals surface area (Å²) in [6.45, 7) is 1.97. The van der Waals surface area contributed by atoms with Gasteiger partial charge < -0.3 is 29.9 Å². The Labute approximate surface area is 184 Å². The van der Waals surface area contributed by atoms with E-state index in [1.54, 1.807) is 36.0 Å². The van der Waals surface area contributed by atoms with Gasteiger partial charge in [-0.05, 0) is 23.4 Å². The molecule has 1 aromatic carbocycles. The van der Waals surface area contributed by atoms with Gasteiger partial charge in [-0.1, -0.05) is 19.1 Å². The van der Waals surface area contributed by atoms with Gasteiger partial charge in [-0.3, -0.25) is 5.10 Å². The Balaban J connectivity index is 1.89. The summed E-state index contributed by atoms with van der Waals surface area (Å²) in [5, 5.41) is 44.2. The zero-order valence-electron chi connectivity index (χ0n) is 16.6. The standard InChI is InChI=1S/C19H21F3N2O7S/c1-2-32-9-5-3-8(4-6-9)7-10-15(19(20,21)22)23-24-16(10)31-18-13(27)11(25)12(26)14(30-18)17(28)29/h3-6,11-14,18,25-27H,2,7H2,1H3,(H,23,24)(H,28,29)/t11-,12-,13+,14-,18?/m0/s1. The second kappa shape index (κ2) is 9.67. The summed E-state index contributed by atoms with van der Waals surface area (Å²) < 4.78 is 50.7. The van der Waals surface area contributed by atoms with Crippen LogP contribution in [0.4, 0.5) is 13.2 Å². The average molecular weight is 478 g/mol. The number of benzene rings is 1. The van der Waals surface area contributed by atoms with Gasteiger partial charge in [-0.2, -0.15) is 13.2 Å². The maximum Gasteiger partial charge on any atom is 0.433 e. The van der Waals surface area contributed by atoms with Crippen molar-refractivity contribution in [3.8, 4) is 5.88 Å². The van der Waals surface area contributed by atoms with Crippen molar-refractivity contribution in [2.75, 3.05) is 5.75 Å². The molecule has 0 saturated carbocycles. The number of aliphatic hydroxyl groups excluding tert-OH is 3. The molecule has 1 aromatic heterocycles. The van der Waals surface area contributed by atoms with E-state index >= 15 is 0 Å². The smallest absolute Gasteiger partial charge is 0.433 e. The minimum Gasteiger partial charge on any atom is -0.479 e. The molecule has 0 bridgehead atoms. The van der Waals surface area contributed by atoms with Crippen molar-refractivity contribution in [1.82, 2.24) is 10.2 Å². The lowest BCUT2D eigenvalue weighted by atomic mass is 9.99. The van der Waals surface area contributed by atoms with Crippen molar-refractivity contribution in [3.05, 3.63) is 41.1 Å². The number of nitrogens with one attached hydrogen (secondary N) is 1. The van der Waals surface area contributed by atoms with Crippen molar-refractivity contribution in [1.29, 1.82) is 0 Å². The van der Waals surface area contributed by atoms with Crippen LogP contribution in [0.25, 0.3) is 0 Å². The second-order valence-electron chi connectivity index (χ2n) is 6.99. The van der Waals surface area contributed by atoms with Crippen LogP contribution in [0.15, 0.2) is 29.2 Å². The lowest BCUT2D eigenvalue weighted by Gasteiger charge is -2.38. The fourth-order valence-electron chi connectivity index (χ4n) is 3.18. The average Bonchev–Trinajstić information content (AvgIpc) is 3.12. The van der Waals surface area contributed by atoms with E-state index in [1.807, 2.05) is 12.0 Å². The highest BCUT2D eigenvalue weighted by atomic mass is 32.2. The van der Waals surface area contributed by atoms with Crippen LogP contribution in [0.3, 0.4) is 0 Å². The first kappa shape index (κ1) is 24.3. The van der Waals surface area contributed by atoms with Crippen molar-refractivity contribution < 1.29 is 47.9 Å². The minimum absolute atomic E-state index is 0.242. The number of aliphatic carboxylic acids is 1. The van der Waals surface area contributed by atoms with Gasteiger partial charge in [0.05, 0.1) is 5.56 Å². The number of H-pyrrole nitrogens is 1. The molecule has 1 unspecified atom stereocenters. The van der Waals surface area contributed by atoms with Gasteiger partial charge in [-0.15, -0.1) is 16.9 Å². The predicted octanol–water partition coefficient (Wildman–Crippen LogP) is 1.40. The van der Waals surface area contributed by atoms with E-state index in [0.717, 1.165) is 10.6 Å². The van der Waals surface area contributed by atoms with Crippen LogP contribution in [0.1, 0.15) is 23.7 Å².